The molecule has 1 aliphatic heterocycles. The molecule has 5 nitrogen and oxygen atoms in total. The second-order valence-electron chi connectivity index (χ2n) is 5.38. The lowest BCUT2D eigenvalue weighted by atomic mass is 10.2. The molecule has 0 radical (unpaired) electrons. The normalized spacial score (nSPS) is 15.2. The van der Waals surface area contributed by atoms with Gasteiger partial charge in [0, 0.05) is 45.0 Å². The second-order valence-corrected chi connectivity index (χ2v) is 5.38. The minimum absolute atomic E-state index is 0. The van der Waals surface area contributed by atoms with Gasteiger partial charge in [-0.2, -0.15) is 0 Å². The molecule has 0 aliphatic carbocycles. The maximum absolute atomic E-state index is 13.0. The molecule has 1 aliphatic rings. The minimum Gasteiger partial charge on any atom is -0.380 e. The van der Waals surface area contributed by atoms with Crippen LogP contribution in [-0.4, -0.2) is 63.3 Å². The Labute approximate surface area is 161 Å². The maximum Gasteiger partial charge on any atom is 0.194 e. The third-order valence-corrected chi connectivity index (χ3v) is 3.81. The largest absolute Gasteiger partial charge is 0.380 e. The quantitative estimate of drug-likeness (QED) is 0.313. The highest BCUT2D eigenvalue weighted by atomic mass is 127. The Balaban J connectivity index is 0.00000288. The van der Waals surface area contributed by atoms with Gasteiger partial charge < -0.3 is 19.9 Å². The number of halogens is 2. The van der Waals surface area contributed by atoms with Crippen molar-refractivity contribution < 1.29 is 9.13 Å². The third-order valence-electron chi connectivity index (χ3n) is 3.81. The van der Waals surface area contributed by atoms with Gasteiger partial charge in [-0.1, -0.05) is 0 Å². The van der Waals surface area contributed by atoms with Crippen LogP contribution < -0.4 is 10.2 Å². The smallest absolute Gasteiger partial charge is 0.194 e. The van der Waals surface area contributed by atoms with Gasteiger partial charge in [-0.3, -0.25) is 4.99 Å². The van der Waals surface area contributed by atoms with Crippen LogP contribution in [0.1, 0.15) is 13.8 Å². The second kappa shape index (κ2) is 11.5. The van der Waals surface area contributed by atoms with E-state index in [2.05, 4.69) is 27.0 Å². The molecule has 1 heterocycles. The lowest BCUT2D eigenvalue weighted by Gasteiger charge is -2.37. The topological polar surface area (TPSA) is 40.1 Å². The molecule has 0 saturated carbocycles. The van der Waals surface area contributed by atoms with Gasteiger partial charge in [-0.05, 0) is 38.1 Å². The summed E-state index contributed by atoms with van der Waals surface area (Å²) < 4.78 is 18.4. The van der Waals surface area contributed by atoms with Gasteiger partial charge in [-0.15, -0.1) is 24.0 Å². The van der Waals surface area contributed by atoms with Crippen molar-refractivity contribution in [3.05, 3.63) is 30.1 Å². The molecule has 1 fully saturated rings. The Hall–Kier alpha value is -1.09. The van der Waals surface area contributed by atoms with E-state index in [0.717, 1.165) is 51.0 Å². The molecular formula is C17H28FIN4O. The fraction of sp³-hybridized carbons (Fsp3) is 0.588. The number of nitrogens with one attached hydrogen (secondary N) is 1. The number of hydrogen-bond donors (Lipinski definition) is 1. The van der Waals surface area contributed by atoms with E-state index in [1.165, 1.54) is 12.1 Å². The van der Waals surface area contributed by atoms with Gasteiger partial charge in [0.25, 0.3) is 0 Å². The van der Waals surface area contributed by atoms with Crippen molar-refractivity contribution in [2.75, 3.05) is 57.4 Å². The van der Waals surface area contributed by atoms with Gasteiger partial charge in [0.05, 0.1) is 13.2 Å². The number of hydrogen-bond acceptors (Lipinski definition) is 3. The predicted molar refractivity (Wildman–Crippen MR) is 108 cm³/mol. The molecule has 7 heteroatoms. The van der Waals surface area contributed by atoms with Crippen LogP contribution in [0.3, 0.4) is 0 Å². The minimum atomic E-state index is -0.191. The molecule has 1 aromatic rings. The van der Waals surface area contributed by atoms with E-state index < -0.39 is 0 Å². The summed E-state index contributed by atoms with van der Waals surface area (Å²) in [5.41, 5.74) is 1.07. The lowest BCUT2D eigenvalue weighted by Crippen LogP contribution is -2.52. The van der Waals surface area contributed by atoms with E-state index in [1.54, 1.807) is 0 Å². The fourth-order valence-electron chi connectivity index (χ4n) is 2.61. The van der Waals surface area contributed by atoms with Gasteiger partial charge in [0.1, 0.15) is 5.82 Å². The van der Waals surface area contributed by atoms with Crippen LogP contribution in [0, 0.1) is 5.82 Å². The first kappa shape index (κ1) is 21.0. The van der Waals surface area contributed by atoms with E-state index in [-0.39, 0.29) is 29.8 Å². The fourth-order valence-corrected chi connectivity index (χ4v) is 2.61. The zero-order chi connectivity index (χ0) is 16.5. The van der Waals surface area contributed by atoms with Gasteiger partial charge in [0.2, 0.25) is 0 Å². The standard InChI is InChI=1S/C17H27FN4O.HI/c1-3-19-17(20-9-14-23-4-2)22-12-10-21(11-13-22)16-7-5-15(18)6-8-16;/h5-8H,3-4,9-14H2,1-2H3,(H,19,20);1H. The summed E-state index contributed by atoms with van der Waals surface area (Å²) in [5, 5.41) is 3.34. The summed E-state index contributed by atoms with van der Waals surface area (Å²) in [4.78, 5) is 9.17. The molecule has 1 saturated heterocycles. The van der Waals surface area contributed by atoms with E-state index in [1.807, 2.05) is 19.1 Å². The summed E-state index contributed by atoms with van der Waals surface area (Å²) in [7, 11) is 0. The summed E-state index contributed by atoms with van der Waals surface area (Å²) >= 11 is 0. The number of rotatable bonds is 6. The molecule has 136 valence electrons. The highest BCUT2D eigenvalue weighted by Crippen LogP contribution is 2.16. The van der Waals surface area contributed by atoms with Crippen molar-refractivity contribution in [3.63, 3.8) is 0 Å². The molecule has 24 heavy (non-hydrogen) atoms. The van der Waals surface area contributed by atoms with Crippen molar-refractivity contribution in [1.29, 1.82) is 0 Å². The Morgan fingerprint density at radius 1 is 1.17 bits per heavy atom. The van der Waals surface area contributed by atoms with Crippen LogP contribution in [-0.2, 0) is 4.74 Å². The van der Waals surface area contributed by atoms with E-state index in [4.69, 9.17) is 4.74 Å². The zero-order valence-corrected chi connectivity index (χ0v) is 16.8. The molecule has 0 unspecified atom stereocenters. The number of piperazine rings is 1. The number of nitrogens with zero attached hydrogens (tertiary/aromatic N) is 3. The molecule has 1 N–H and O–H groups in total. The van der Waals surface area contributed by atoms with Crippen molar-refractivity contribution in [1.82, 2.24) is 10.2 Å². The number of ether oxygens (including phenoxy) is 1. The Bertz CT molecular complexity index is 490. The van der Waals surface area contributed by atoms with E-state index >= 15 is 0 Å². The van der Waals surface area contributed by atoms with Crippen LogP contribution >= 0.6 is 24.0 Å². The monoisotopic (exact) mass is 450 g/mol. The maximum atomic E-state index is 13.0. The SMILES string of the molecule is CCNC(=NCCOCC)N1CCN(c2ccc(F)cc2)CC1.I. The Morgan fingerprint density at radius 2 is 1.83 bits per heavy atom. The highest BCUT2D eigenvalue weighted by molar-refractivity contribution is 14.0. The average Bonchev–Trinajstić information content (AvgIpc) is 2.59. The van der Waals surface area contributed by atoms with Crippen LogP contribution in [0.15, 0.2) is 29.3 Å². The molecular weight excluding hydrogens is 422 g/mol. The van der Waals surface area contributed by atoms with Crippen LogP contribution in [0.25, 0.3) is 0 Å². The van der Waals surface area contributed by atoms with Gasteiger partial charge >= 0.3 is 0 Å². The molecule has 0 aromatic heterocycles. The third kappa shape index (κ3) is 6.43. The first-order valence-electron chi connectivity index (χ1n) is 8.36. The molecule has 2 rings (SSSR count). The first-order chi connectivity index (χ1) is 11.2. The van der Waals surface area contributed by atoms with Crippen molar-refractivity contribution in [2.45, 2.75) is 13.8 Å². The lowest BCUT2D eigenvalue weighted by molar-refractivity contribution is 0.155. The van der Waals surface area contributed by atoms with Crippen LogP contribution in [0.2, 0.25) is 0 Å². The highest BCUT2D eigenvalue weighted by Gasteiger charge is 2.19. The number of benzene rings is 1. The van der Waals surface area contributed by atoms with Gasteiger partial charge in [0.15, 0.2) is 5.96 Å². The molecule has 0 spiro atoms. The number of aliphatic imine (C=N–C) groups is 1. The van der Waals surface area contributed by atoms with E-state index in [9.17, 15) is 4.39 Å². The Morgan fingerprint density at radius 3 is 2.42 bits per heavy atom. The first-order valence-corrected chi connectivity index (χ1v) is 8.36. The van der Waals surface area contributed by atoms with Gasteiger partial charge in [-0.25, -0.2) is 4.39 Å². The summed E-state index contributed by atoms with van der Waals surface area (Å²) in [6.45, 7) is 10.6. The van der Waals surface area contributed by atoms with Crippen molar-refractivity contribution >= 4 is 35.6 Å². The molecule has 0 atom stereocenters. The predicted octanol–water partition coefficient (Wildman–Crippen LogP) is 2.57. The Kier molecular flexibility index (Phi) is 10.0. The number of anilines is 1. The summed E-state index contributed by atoms with van der Waals surface area (Å²) in [6.07, 6.45) is 0. The summed E-state index contributed by atoms with van der Waals surface area (Å²) in [5.74, 6) is 0.759. The van der Waals surface area contributed by atoms with Crippen molar-refractivity contribution in [3.8, 4) is 0 Å². The molecule has 0 bridgehead atoms. The summed E-state index contributed by atoms with van der Waals surface area (Å²) in [6, 6.07) is 6.71. The number of guanidine groups is 1. The van der Waals surface area contributed by atoms with Crippen LogP contribution in [0.5, 0.6) is 0 Å². The molecule has 1 aromatic carbocycles. The van der Waals surface area contributed by atoms with E-state index in [0.29, 0.717) is 13.2 Å². The van der Waals surface area contributed by atoms with Crippen molar-refractivity contribution in [2.24, 2.45) is 4.99 Å². The molecule has 0 amide bonds. The zero-order valence-electron chi connectivity index (χ0n) is 14.5. The average molecular weight is 450 g/mol. The van der Waals surface area contributed by atoms with Crippen LogP contribution in [0.4, 0.5) is 10.1 Å².